The first-order valence-corrected chi connectivity index (χ1v) is 7.09. The fourth-order valence-electron chi connectivity index (χ4n) is 2.38. The van der Waals surface area contributed by atoms with Crippen molar-refractivity contribution in [2.24, 2.45) is 0 Å². The number of benzene rings is 1. The van der Waals surface area contributed by atoms with E-state index in [-0.39, 0.29) is 0 Å². The molecule has 0 bridgehead atoms. The molecule has 1 heterocycles. The summed E-state index contributed by atoms with van der Waals surface area (Å²) in [5.41, 5.74) is 6.41. The van der Waals surface area contributed by atoms with Crippen LogP contribution in [-0.2, 0) is 4.74 Å². The van der Waals surface area contributed by atoms with Crippen molar-refractivity contribution in [3.63, 3.8) is 0 Å². The summed E-state index contributed by atoms with van der Waals surface area (Å²) >= 11 is 0. The van der Waals surface area contributed by atoms with Crippen LogP contribution in [0, 0.1) is 0 Å². The lowest BCUT2D eigenvalue weighted by Crippen LogP contribution is -2.45. The zero-order valence-electron chi connectivity index (χ0n) is 11.7. The summed E-state index contributed by atoms with van der Waals surface area (Å²) in [5.74, 6) is 0.892. The van der Waals surface area contributed by atoms with Crippen molar-refractivity contribution in [3.05, 3.63) is 24.3 Å². The number of nitrogen functional groups attached to an aromatic ring is 1. The van der Waals surface area contributed by atoms with Gasteiger partial charge in [0.2, 0.25) is 0 Å². The molecule has 2 rings (SSSR count). The number of anilines is 1. The molecule has 1 aromatic carbocycles. The van der Waals surface area contributed by atoms with Crippen LogP contribution in [0.25, 0.3) is 0 Å². The quantitative estimate of drug-likeness (QED) is 0.632. The Morgan fingerprint density at radius 2 is 2.16 bits per heavy atom. The molecule has 0 spiro atoms. The number of hydrogen-bond donors (Lipinski definition) is 1. The molecule has 19 heavy (non-hydrogen) atoms. The van der Waals surface area contributed by atoms with Gasteiger partial charge in [-0.05, 0) is 37.1 Å². The summed E-state index contributed by atoms with van der Waals surface area (Å²) < 4.78 is 11.2. The number of nitrogens with two attached hydrogens (primary N) is 1. The Morgan fingerprint density at radius 3 is 2.89 bits per heavy atom. The maximum Gasteiger partial charge on any atom is 0.119 e. The van der Waals surface area contributed by atoms with Gasteiger partial charge in [0.1, 0.15) is 5.75 Å². The fourth-order valence-corrected chi connectivity index (χ4v) is 2.38. The van der Waals surface area contributed by atoms with Crippen LogP contribution >= 0.6 is 0 Å². The molecule has 4 heteroatoms. The van der Waals surface area contributed by atoms with Crippen LogP contribution in [0.15, 0.2) is 24.3 Å². The van der Waals surface area contributed by atoms with Crippen LogP contribution in [0.1, 0.15) is 19.8 Å². The van der Waals surface area contributed by atoms with E-state index in [1.807, 2.05) is 24.3 Å². The van der Waals surface area contributed by atoms with E-state index in [2.05, 4.69) is 11.8 Å². The minimum Gasteiger partial charge on any atom is -0.494 e. The molecule has 4 nitrogen and oxygen atoms in total. The van der Waals surface area contributed by atoms with Gasteiger partial charge in [0.25, 0.3) is 0 Å². The zero-order valence-corrected chi connectivity index (χ0v) is 11.7. The number of morpholine rings is 1. The molecule has 0 amide bonds. The van der Waals surface area contributed by atoms with Crippen LogP contribution in [0.3, 0.4) is 0 Å². The van der Waals surface area contributed by atoms with Crippen LogP contribution in [0.5, 0.6) is 5.75 Å². The van der Waals surface area contributed by atoms with Crippen molar-refractivity contribution >= 4 is 5.69 Å². The second-order valence-corrected chi connectivity index (χ2v) is 4.94. The predicted octanol–water partition coefficient (Wildman–Crippen LogP) is 2.15. The van der Waals surface area contributed by atoms with Crippen molar-refractivity contribution < 1.29 is 9.47 Å². The number of nitrogens with zero attached hydrogens (tertiary/aromatic N) is 1. The summed E-state index contributed by atoms with van der Waals surface area (Å²) in [6.45, 7) is 6.82. The maximum absolute atomic E-state index is 5.71. The highest BCUT2D eigenvalue weighted by Gasteiger charge is 2.20. The van der Waals surface area contributed by atoms with E-state index >= 15 is 0 Å². The first-order chi connectivity index (χ1) is 9.29. The van der Waals surface area contributed by atoms with Crippen LogP contribution < -0.4 is 10.5 Å². The summed E-state index contributed by atoms with van der Waals surface area (Å²) in [4.78, 5) is 2.51. The summed E-state index contributed by atoms with van der Waals surface area (Å²) in [7, 11) is 0. The molecule has 1 aliphatic rings. The molecule has 0 aromatic heterocycles. The highest BCUT2D eigenvalue weighted by Crippen LogP contribution is 2.14. The van der Waals surface area contributed by atoms with E-state index in [4.69, 9.17) is 15.2 Å². The minimum atomic E-state index is 0.574. The molecule has 1 aromatic rings. The Balaban J connectivity index is 1.67. The minimum absolute atomic E-state index is 0.574. The Labute approximate surface area is 115 Å². The second-order valence-electron chi connectivity index (χ2n) is 4.94. The topological polar surface area (TPSA) is 47.7 Å². The second kappa shape index (κ2) is 7.36. The summed E-state index contributed by atoms with van der Waals surface area (Å²) in [5, 5.41) is 0. The average molecular weight is 264 g/mol. The molecule has 0 aliphatic carbocycles. The molecule has 1 saturated heterocycles. The first kappa shape index (κ1) is 14.2. The third-order valence-electron chi connectivity index (χ3n) is 3.56. The average Bonchev–Trinajstić information content (AvgIpc) is 2.46. The van der Waals surface area contributed by atoms with Gasteiger partial charge in [-0.25, -0.2) is 0 Å². The van der Waals surface area contributed by atoms with Gasteiger partial charge in [0, 0.05) is 24.8 Å². The third kappa shape index (κ3) is 4.40. The van der Waals surface area contributed by atoms with Crippen LogP contribution in [-0.4, -0.2) is 43.9 Å². The third-order valence-corrected chi connectivity index (χ3v) is 3.56. The van der Waals surface area contributed by atoms with Crippen LogP contribution in [0.2, 0.25) is 0 Å². The zero-order chi connectivity index (χ0) is 13.5. The Hall–Kier alpha value is -1.26. The standard InChI is InChI=1S/C15H24N2O2/c1-2-14-12-18-11-9-17(14)8-3-10-19-15-6-4-13(16)5-7-15/h4-7,14H,2-3,8-12,16H2,1H3. The number of hydrogen-bond acceptors (Lipinski definition) is 4. The molecule has 1 atom stereocenters. The number of rotatable bonds is 6. The fraction of sp³-hybridized carbons (Fsp3) is 0.600. The summed E-state index contributed by atoms with van der Waals surface area (Å²) in [6.07, 6.45) is 2.19. The van der Waals surface area contributed by atoms with E-state index in [1.165, 1.54) is 0 Å². The Bertz CT molecular complexity index is 367. The molecule has 2 N–H and O–H groups in total. The van der Waals surface area contributed by atoms with Crippen molar-refractivity contribution in [2.75, 3.05) is 38.6 Å². The smallest absolute Gasteiger partial charge is 0.119 e. The van der Waals surface area contributed by atoms with Gasteiger partial charge in [-0.15, -0.1) is 0 Å². The van der Waals surface area contributed by atoms with Gasteiger partial charge < -0.3 is 15.2 Å². The predicted molar refractivity (Wildman–Crippen MR) is 77.4 cm³/mol. The molecule has 1 unspecified atom stereocenters. The lowest BCUT2D eigenvalue weighted by atomic mass is 10.1. The molecule has 1 aliphatic heterocycles. The van der Waals surface area contributed by atoms with E-state index in [9.17, 15) is 0 Å². The SMILES string of the molecule is CCC1COCCN1CCCOc1ccc(N)cc1. The molecule has 0 saturated carbocycles. The molecule has 0 radical (unpaired) electrons. The van der Waals surface area contributed by atoms with Gasteiger partial charge in [-0.1, -0.05) is 6.92 Å². The molecule has 106 valence electrons. The van der Waals surface area contributed by atoms with Crippen molar-refractivity contribution in [1.29, 1.82) is 0 Å². The molecule has 1 fully saturated rings. The van der Waals surface area contributed by atoms with E-state index in [0.717, 1.165) is 57.2 Å². The lowest BCUT2D eigenvalue weighted by molar-refractivity contribution is -0.0102. The van der Waals surface area contributed by atoms with E-state index in [0.29, 0.717) is 6.04 Å². The van der Waals surface area contributed by atoms with Crippen molar-refractivity contribution in [2.45, 2.75) is 25.8 Å². The van der Waals surface area contributed by atoms with E-state index < -0.39 is 0 Å². The van der Waals surface area contributed by atoms with Gasteiger partial charge in [-0.3, -0.25) is 4.90 Å². The Kier molecular flexibility index (Phi) is 5.48. The Morgan fingerprint density at radius 1 is 1.37 bits per heavy atom. The van der Waals surface area contributed by atoms with Gasteiger partial charge in [-0.2, -0.15) is 0 Å². The molecular weight excluding hydrogens is 240 g/mol. The monoisotopic (exact) mass is 264 g/mol. The summed E-state index contributed by atoms with van der Waals surface area (Å²) in [6, 6.07) is 8.14. The number of ether oxygens (including phenoxy) is 2. The van der Waals surface area contributed by atoms with E-state index in [1.54, 1.807) is 0 Å². The van der Waals surface area contributed by atoms with Gasteiger partial charge in [0.05, 0.1) is 19.8 Å². The van der Waals surface area contributed by atoms with Crippen LogP contribution in [0.4, 0.5) is 5.69 Å². The normalized spacial score (nSPS) is 20.4. The largest absolute Gasteiger partial charge is 0.494 e. The highest BCUT2D eigenvalue weighted by molar-refractivity contribution is 5.41. The van der Waals surface area contributed by atoms with Gasteiger partial charge >= 0.3 is 0 Å². The van der Waals surface area contributed by atoms with Crippen molar-refractivity contribution in [1.82, 2.24) is 4.90 Å². The lowest BCUT2D eigenvalue weighted by Gasteiger charge is -2.34. The van der Waals surface area contributed by atoms with Gasteiger partial charge in [0.15, 0.2) is 0 Å². The maximum atomic E-state index is 5.71. The van der Waals surface area contributed by atoms with Crippen molar-refractivity contribution in [3.8, 4) is 5.75 Å². The highest BCUT2D eigenvalue weighted by atomic mass is 16.5. The first-order valence-electron chi connectivity index (χ1n) is 7.09. The molecular formula is C15H24N2O2.